The number of hydrogen-bond donors (Lipinski definition) is 1. The summed E-state index contributed by atoms with van der Waals surface area (Å²) in [5, 5.41) is 3.52. The van der Waals surface area contributed by atoms with Crippen LogP contribution in [0.1, 0.15) is 31.7 Å². The number of hydrogen-bond acceptors (Lipinski definition) is 4. The van der Waals surface area contributed by atoms with Gasteiger partial charge in [-0.25, -0.2) is 0 Å². The Balaban J connectivity index is 1.32. The molecule has 0 radical (unpaired) electrons. The molecular formula is C24H31N3O2. The van der Waals surface area contributed by atoms with Crippen LogP contribution in [0, 0.1) is 0 Å². The predicted molar refractivity (Wildman–Crippen MR) is 118 cm³/mol. The van der Waals surface area contributed by atoms with Crippen LogP contribution in [0.4, 0.5) is 11.4 Å². The molecule has 0 bridgehead atoms. The molecule has 1 amide bonds. The number of nitrogens with zero attached hydrogens (tertiary/aromatic N) is 2. The molecule has 0 aromatic heterocycles. The number of benzene rings is 2. The number of nitrogens with one attached hydrogen (secondary N) is 1. The van der Waals surface area contributed by atoms with Crippen molar-refractivity contribution in [3.05, 3.63) is 54.1 Å². The summed E-state index contributed by atoms with van der Waals surface area (Å²) in [5.74, 6) is 1.07. The molecule has 1 N–H and O–H groups in total. The lowest BCUT2D eigenvalue weighted by atomic mass is 10.0. The van der Waals surface area contributed by atoms with Crippen molar-refractivity contribution in [3.63, 3.8) is 0 Å². The summed E-state index contributed by atoms with van der Waals surface area (Å²) in [4.78, 5) is 16.5. The minimum absolute atomic E-state index is 0.211. The molecular weight excluding hydrogens is 362 g/mol. The third kappa shape index (κ3) is 4.56. The third-order valence-electron chi connectivity index (χ3n) is 5.96. The molecule has 5 heteroatoms. The largest absolute Gasteiger partial charge is 0.494 e. The molecule has 1 unspecified atom stereocenters. The van der Waals surface area contributed by atoms with Gasteiger partial charge in [-0.3, -0.25) is 4.79 Å². The maximum Gasteiger partial charge on any atom is 0.227 e. The van der Waals surface area contributed by atoms with Gasteiger partial charge in [0.25, 0.3) is 0 Å². The van der Waals surface area contributed by atoms with Gasteiger partial charge in [-0.1, -0.05) is 24.3 Å². The Bertz CT molecular complexity index is 824. The van der Waals surface area contributed by atoms with E-state index in [-0.39, 0.29) is 5.91 Å². The van der Waals surface area contributed by atoms with Crippen LogP contribution in [0.3, 0.4) is 0 Å². The van der Waals surface area contributed by atoms with Gasteiger partial charge >= 0.3 is 0 Å². The van der Waals surface area contributed by atoms with E-state index in [9.17, 15) is 4.79 Å². The first-order valence-electron chi connectivity index (χ1n) is 10.8. The van der Waals surface area contributed by atoms with Gasteiger partial charge in [0.1, 0.15) is 5.75 Å². The van der Waals surface area contributed by atoms with Crippen LogP contribution in [0.25, 0.3) is 0 Å². The molecule has 4 rings (SSSR count). The lowest BCUT2D eigenvalue weighted by Gasteiger charge is -2.38. The van der Waals surface area contributed by atoms with Crippen LogP contribution in [-0.2, 0) is 11.2 Å². The number of anilines is 2. The maximum atomic E-state index is 12.2. The molecule has 0 aliphatic carbocycles. The number of piperazine rings is 1. The van der Waals surface area contributed by atoms with Gasteiger partial charge in [-0.2, -0.15) is 0 Å². The van der Waals surface area contributed by atoms with Crippen molar-refractivity contribution >= 4 is 17.3 Å². The highest BCUT2D eigenvalue weighted by molar-refractivity contribution is 5.96. The quantitative estimate of drug-likeness (QED) is 0.730. The molecule has 2 aliphatic rings. The molecule has 29 heavy (non-hydrogen) atoms. The highest BCUT2D eigenvalue weighted by Gasteiger charge is 2.24. The Kier molecular flexibility index (Phi) is 6.35. The zero-order valence-corrected chi connectivity index (χ0v) is 17.3. The number of rotatable bonds is 7. The second-order valence-corrected chi connectivity index (χ2v) is 7.81. The lowest BCUT2D eigenvalue weighted by molar-refractivity contribution is -0.118. The van der Waals surface area contributed by atoms with Crippen LogP contribution in [0.2, 0.25) is 0 Å². The monoisotopic (exact) mass is 393 g/mol. The fourth-order valence-electron chi connectivity index (χ4n) is 4.44. The highest BCUT2D eigenvalue weighted by atomic mass is 16.5. The van der Waals surface area contributed by atoms with Crippen LogP contribution < -0.4 is 19.9 Å². The number of carbonyl (C=O) groups is 1. The van der Waals surface area contributed by atoms with Gasteiger partial charge in [0.15, 0.2) is 0 Å². The van der Waals surface area contributed by atoms with Gasteiger partial charge in [0, 0.05) is 50.4 Å². The Labute approximate surface area is 173 Å². The Morgan fingerprint density at radius 3 is 2.83 bits per heavy atom. The van der Waals surface area contributed by atoms with Crippen molar-refractivity contribution < 1.29 is 9.53 Å². The fraction of sp³-hybridized carbons (Fsp3) is 0.458. The molecule has 0 saturated carbocycles. The first-order valence-corrected chi connectivity index (χ1v) is 10.8. The van der Waals surface area contributed by atoms with Crippen molar-refractivity contribution in [1.29, 1.82) is 0 Å². The zero-order chi connectivity index (χ0) is 20.1. The summed E-state index contributed by atoms with van der Waals surface area (Å²) in [5.41, 5.74) is 3.57. The first-order chi connectivity index (χ1) is 14.3. The van der Waals surface area contributed by atoms with Crippen LogP contribution in [-0.4, -0.2) is 44.7 Å². The number of para-hydroxylation sites is 1. The van der Waals surface area contributed by atoms with Gasteiger partial charge in [0.05, 0.1) is 12.3 Å². The molecule has 0 spiro atoms. The molecule has 1 fully saturated rings. The van der Waals surface area contributed by atoms with Gasteiger partial charge in [0.2, 0.25) is 5.91 Å². The average molecular weight is 394 g/mol. The number of aryl methyl sites for hydroxylation is 1. The van der Waals surface area contributed by atoms with Crippen LogP contribution in [0.15, 0.2) is 48.5 Å². The molecule has 2 aromatic rings. The predicted octanol–water partition coefficient (Wildman–Crippen LogP) is 3.62. The Morgan fingerprint density at radius 2 is 2.00 bits per heavy atom. The lowest BCUT2D eigenvalue weighted by Crippen LogP contribution is -2.51. The van der Waals surface area contributed by atoms with Crippen molar-refractivity contribution in [1.82, 2.24) is 5.32 Å². The normalized spacial score (nSPS) is 19.2. The first kappa shape index (κ1) is 19.8. The average Bonchev–Trinajstić information content (AvgIpc) is 2.77. The SMILES string of the molecule is CCN1C(=O)CCc2ccc(OCCCC3CNCCN3c3ccccc3)cc21. The standard InChI is InChI=1S/C24H31N3O2/c1-2-26-23-17-22(12-10-19(23)11-13-24(26)28)29-16-6-9-21-18-25-14-15-27(21)20-7-4-3-5-8-20/h3-5,7-8,10,12,17,21,25H,2,6,9,11,13-16,18H2,1H3. The van der Waals surface area contributed by atoms with Gasteiger partial charge < -0.3 is 19.9 Å². The van der Waals surface area contributed by atoms with Crippen molar-refractivity contribution in [2.75, 3.05) is 42.6 Å². The topological polar surface area (TPSA) is 44.8 Å². The van der Waals surface area contributed by atoms with Crippen molar-refractivity contribution in [3.8, 4) is 5.75 Å². The minimum Gasteiger partial charge on any atom is -0.494 e. The number of fused-ring (bicyclic) bond motifs is 1. The van der Waals surface area contributed by atoms with E-state index < -0.39 is 0 Å². The number of amides is 1. The summed E-state index contributed by atoms with van der Waals surface area (Å²) in [6.45, 7) is 6.51. The summed E-state index contributed by atoms with van der Waals surface area (Å²) >= 11 is 0. The van der Waals surface area contributed by atoms with Gasteiger partial charge in [-0.05, 0) is 49.9 Å². The summed E-state index contributed by atoms with van der Waals surface area (Å²) in [7, 11) is 0. The third-order valence-corrected chi connectivity index (χ3v) is 5.96. The van der Waals surface area contributed by atoms with Crippen molar-refractivity contribution in [2.24, 2.45) is 0 Å². The second-order valence-electron chi connectivity index (χ2n) is 7.81. The summed E-state index contributed by atoms with van der Waals surface area (Å²) in [6, 6.07) is 17.4. The highest BCUT2D eigenvalue weighted by Crippen LogP contribution is 2.31. The van der Waals surface area contributed by atoms with E-state index >= 15 is 0 Å². The molecule has 1 saturated heterocycles. The molecule has 5 nitrogen and oxygen atoms in total. The Hall–Kier alpha value is -2.53. The van der Waals surface area contributed by atoms with Crippen molar-refractivity contribution in [2.45, 2.75) is 38.6 Å². The number of carbonyl (C=O) groups excluding carboxylic acids is 1. The Morgan fingerprint density at radius 1 is 1.14 bits per heavy atom. The molecule has 1 atom stereocenters. The maximum absolute atomic E-state index is 12.2. The molecule has 2 aromatic carbocycles. The van der Waals surface area contributed by atoms with Crippen LogP contribution >= 0.6 is 0 Å². The summed E-state index contributed by atoms with van der Waals surface area (Å²) in [6.07, 6.45) is 3.53. The summed E-state index contributed by atoms with van der Waals surface area (Å²) < 4.78 is 6.06. The van der Waals surface area contributed by atoms with E-state index in [0.29, 0.717) is 25.6 Å². The van der Waals surface area contributed by atoms with E-state index in [1.807, 2.05) is 24.0 Å². The second kappa shape index (κ2) is 9.31. The van der Waals surface area contributed by atoms with E-state index in [1.54, 1.807) is 0 Å². The van der Waals surface area contributed by atoms with Gasteiger partial charge in [-0.15, -0.1) is 0 Å². The van der Waals surface area contributed by atoms with E-state index in [0.717, 1.165) is 50.3 Å². The minimum atomic E-state index is 0.211. The molecule has 154 valence electrons. The molecule has 2 aliphatic heterocycles. The van der Waals surface area contributed by atoms with E-state index in [1.165, 1.54) is 11.3 Å². The van der Waals surface area contributed by atoms with E-state index in [2.05, 4.69) is 46.6 Å². The number of ether oxygens (including phenoxy) is 1. The molecule has 2 heterocycles. The fourth-order valence-corrected chi connectivity index (χ4v) is 4.44. The smallest absolute Gasteiger partial charge is 0.227 e. The van der Waals surface area contributed by atoms with E-state index in [4.69, 9.17) is 4.74 Å². The van der Waals surface area contributed by atoms with Crippen LogP contribution in [0.5, 0.6) is 5.75 Å². The zero-order valence-electron chi connectivity index (χ0n) is 17.3.